The molecule has 0 amide bonds. The first kappa shape index (κ1) is 13.1. The van der Waals surface area contributed by atoms with Crippen molar-refractivity contribution in [1.29, 1.82) is 0 Å². The third-order valence-electron chi connectivity index (χ3n) is 3.81. The summed E-state index contributed by atoms with van der Waals surface area (Å²) in [6.45, 7) is 0.219. The Morgan fingerprint density at radius 3 is 1.94 bits per heavy atom. The number of rotatable bonds is 4. The van der Waals surface area contributed by atoms with Crippen molar-refractivity contribution >= 4 is 0 Å². The Balaban J connectivity index is 2.64. The molecular formula is C13H17F2NO2. The Morgan fingerprint density at radius 2 is 1.67 bits per heavy atom. The standard InChI is InChI=1S/C13H17F2NO2/c1-17-8-6-9(18-2)12(15)10(11(8)14)13(7-16)4-3-5-13/h6H,3-5,7,16H2,1-2H3. The van der Waals surface area contributed by atoms with Crippen LogP contribution in [0.2, 0.25) is 0 Å². The quantitative estimate of drug-likeness (QED) is 0.900. The van der Waals surface area contributed by atoms with Gasteiger partial charge < -0.3 is 15.2 Å². The van der Waals surface area contributed by atoms with Crippen LogP contribution in [0.5, 0.6) is 11.5 Å². The summed E-state index contributed by atoms with van der Waals surface area (Å²) in [6.07, 6.45) is 2.30. The second-order valence-corrected chi connectivity index (χ2v) is 4.62. The van der Waals surface area contributed by atoms with Crippen molar-refractivity contribution in [3.05, 3.63) is 23.3 Å². The van der Waals surface area contributed by atoms with E-state index in [-0.39, 0.29) is 23.6 Å². The molecule has 100 valence electrons. The van der Waals surface area contributed by atoms with E-state index >= 15 is 0 Å². The maximum Gasteiger partial charge on any atom is 0.172 e. The minimum atomic E-state index is -0.666. The van der Waals surface area contributed by atoms with Crippen molar-refractivity contribution in [3.8, 4) is 11.5 Å². The van der Waals surface area contributed by atoms with E-state index < -0.39 is 17.0 Å². The fraction of sp³-hybridized carbons (Fsp3) is 0.538. The maximum atomic E-state index is 14.3. The predicted molar refractivity (Wildman–Crippen MR) is 64.0 cm³/mol. The summed E-state index contributed by atoms with van der Waals surface area (Å²) in [7, 11) is 2.69. The second-order valence-electron chi connectivity index (χ2n) is 4.62. The molecule has 0 radical (unpaired) electrons. The molecule has 1 aromatic rings. The molecule has 2 N–H and O–H groups in total. The van der Waals surface area contributed by atoms with Gasteiger partial charge in [-0.1, -0.05) is 6.42 Å². The molecule has 1 saturated carbocycles. The summed E-state index contributed by atoms with van der Waals surface area (Å²) in [5.74, 6) is -1.35. The van der Waals surface area contributed by atoms with Crippen LogP contribution in [0.4, 0.5) is 8.78 Å². The Kier molecular flexibility index (Phi) is 3.43. The van der Waals surface area contributed by atoms with Crippen LogP contribution in [0, 0.1) is 11.6 Å². The average Bonchev–Trinajstić information content (AvgIpc) is 2.33. The zero-order valence-corrected chi connectivity index (χ0v) is 10.6. The fourth-order valence-electron chi connectivity index (χ4n) is 2.51. The van der Waals surface area contributed by atoms with Crippen LogP contribution >= 0.6 is 0 Å². The van der Waals surface area contributed by atoms with Gasteiger partial charge in [0.2, 0.25) is 0 Å². The zero-order valence-electron chi connectivity index (χ0n) is 10.6. The summed E-state index contributed by atoms with van der Waals surface area (Å²) in [5, 5.41) is 0. The maximum absolute atomic E-state index is 14.3. The molecule has 0 saturated heterocycles. The summed E-state index contributed by atoms with van der Waals surface area (Å²) in [5.41, 5.74) is 5.10. The predicted octanol–water partition coefficient (Wildman–Crippen LogP) is 2.36. The van der Waals surface area contributed by atoms with Crippen LogP contribution in [-0.4, -0.2) is 20.8 Å². The van der Waals surface area contributed by atoms with Crippen molar-refractivity contribution in [1.82, 2.24) is 0 Å². The highest BCUT2D eigenvalue weighted by Crippen LogP contribution is 2.48. The molecule has 1 aromatic carbocycles. The van der Waals surface area contributed by atoms with E-state index in [2.05, 4.69) is 0 Å². The Bertz CT molecular complexity index is 425. The Morgan fingerprint density at radius 1 is 1.17 bits per heavy atom. The summed E-state index contributed by atoms with van der Waals surface area (Å²) in [6, 6.07) is 1.22. The van der Waals surface area contributed by atoms with Gasteiger partial charge in [-0.2, -0.15) is 0 Å². The van der Waals surface area contributed by atoms with Crippen molar-refractivity contribution in [2.45, 2.75) is 24.7 Å². The van der Waals surface area contributed by atoms with Gasteiger partial charge in [-0.3, -0.25) is 0 Å². The molecule has 0 aliphatic heterocycles. The molecule has 0 aromatic heterocycles. The van der Waals surface area contributed by atoms with Crippen LogP contribution in [-0.2, 0) is 5.41 Å². The monoisotopic (exact) mass is 257 g/mol. The van der Waals surface area contributed by atoms with Crippen LogP contribution < -0.4 is 15.2 Å². The van der Waals surface area contributed by atoms with E-state index in [9.17, 15) is 8.78 Å². The lowest BCUT2D eigenvalue weighted by Gasteiger charge is -2.42. The summed E-state index contributed by atoms with van der Waals surface area (Å²) < 4.78 is 38.4. The van der Waals surface area contributed by atoms with E-state index in [1.54, 1.807) is 0 Å². The van der Waals surface area contributed by atoms with Gasteiger partial charge >= 0.3 is 0 Å². The lowest BCUT2D eigenvalue weighted by molar-refractivity contribution is 0.228. The molecule has 1 aliphatic rings. The van der Waals surface area contributed by atoms with Crippen molar-refractivity contribution in [2.24, 2.45) is 5.73 Å². The summed E-state index contributed by atoms with van der Waals surface area (Å²) in [4.78, 5) is 0. The van der Waals surface area contributed by atoms with Crippen molar-refractivity contribution < 1.29 is 18.3 Å². The van der Waals surface area contributed by atoms with Gasteiger partial charge in [0.1, 0.15) is 0 Å². The molecule has 0 heterocycles. The van der Waals surface area contributed by atoms with Gasteiger partial charge in [0.15, 0.2) is 23.1 Å². The van der Waals surface area contributed by atoms with E-state index in [4.69, 9.17) is 15.2 Å². The molecule has 5 heteroatoms. The highest BCUT2D eigenvalue weighted by atomic mass is 19.1. The average molecular weight is 257 g/mol. The second kappa shape index (κ2) is 4.72. The van der Waals surface area contributed by atoms with E-state index in [1.165, 1.54) is 20.3 Å². The molecule has 0 bridgehead atoms. The van der Waals surface area contributed by atoms with Crippen molar-refractivity contribution in [3.63, 3.8) is 0 Å². The number of ether oxygens (including phenoxy) is 2. The highest BCUT2D eigenvalue weighted by molar-refractivity contribution is 5.46. The molecule has 1 aliphatic carbocycles. The molecule has 18 heavy (non-hydrogen) atoms. The van der Waals surface area contributed by atoms with Gasteiger partial charge in [0.25, 0.3) is 0 Å². The first-order chi connectivity index (χ1) is 8.59. The fourth-order valence-corrected chi connectivity index (χ4v) is 2.51. The molecule has 0 atom stereocenters. The molecule has 3 nitrogen and oxygen atoms in total. The number of hydrogen-bond acceptors (Lipinski definition) is 3. The smallest absolute Gasteiger partial charge is 0.172 e. The van der Waals surface area contributed by atoms with Gasteiger partial charge in [-0.05, 0) is 12.8 Å². The normalized spacial score (nSPS) is 17.2. The number of nitrogens with two attached hydrogens (primary N) is 1. The highest BCUT2D eigenvalue weighted by Gasteiger charge is 2.43. The van der Waals surface area contributed by atoms with E-state index in [1.807, 2.05) is 0 Å². The van der Waals surface area contributed by atoms with Gasteiger partial charge in [0, 0.05) is 23.6 Å². The van der Waals surface area contributed by atoms with Gasteiger partial charge in [-0.25, -0.2) is 8.78 Å². The first-order valence-corrected chi connectivity index (χ1v) is 5.90. The van der Waals surface area contributed by atoms with Gasteiger partial charge in [0.05, 0.1) is 14.2 Å². The SMILES string of the molecule is COc1cc(OC)c(F)c(C2(CN)CCC2)c1F. The third-order valence-corrected chi connectivity index (χ3v) is 3.81. The summed E-state index contributed by atoms with van der Waals surface area (Å²) >= 11 is 0. The Hall–Kier alpha value is -1.36. The number of halogens is 2. The van der Waals surface area contributed by atoms with E-state index in [0.29, 0.717) is 12.8 Å². The van der Waals surface area contributed by atoms with Crippen LogP contribution in [0.25, 0.3) is 0 Å². The minimum absolute atomic E-state index is 0.00690. The molecule has 0 spiro atoms. The topological polar surface area (TPSA) is 44.5 Å². The molecule has 0 unspecified atom stereocenters. The number of hydrogen-bond donors (Lipinski definition) is 1. The van der Waals surface area contributed by atoms with Crippen LogP contribution in [0.3, 0.4) is 0 Å². The molecular weight excluding hydrogens is 240 g/mol. The molecule has 1 fully saturated rings. The zero-order chi connectivity index (χ0) is 13.3. The lowest BCUT2D eigenvalue weighted by Crippen LogP contribution is -2.43. The largest absolute Gasteiger partial charge is 0.494 e. The van der Waals surface area contributed by atoms with Crippen molar-refractivity contribution in [2.75, 3.05) is 20.8 Å². The Labute approximate surface area is 105 Å². The van der Waals surface area contributed by atoms with Gasteiger partial charge in [-0.15, -0.1) is 0 Å². The van der Waals surface area contributed by atoms with Crippen LogP contribution in [0.15, 0.2) is 6.07 Å². The minimum Gasteiger partial charge on any atom is -0.494 e. The molecule has 2 rings (SSSR count). The lowest BCUT2D eigenvalue weighted by atomic mass is 9.64. The first-order valence-electron chi connectivity index (χ1n) is 5.90. The number of benzene rings is 1. The third kappa shape index (κ3) is 1.73. The number of methoxy groups -OCH3 is 2. The van der Waals surface area contributed by atoms with E-state index in [0.717, 1.165) is 6.42 Å². The van der Waals surface area contributed by atoms with Crippen LogP contribution in [0.1, 0.15) is 24.8 Å².